The van der Waals surface area contributed by atoms with Crippen LogP contribution >= 0.6 is 0 Å². The smallest absolute Gasteiger partial charge is 0.240 e. The highest BCUT2D eigenvalue weighted by Crippen LogP contribution is 2.32. The second-order valence-electron chi connectivity index (χ2n) is 6.78. The Morgan fingerprint density at radius 2 is 1.74 bits per heavy atom. The van der Waals surface area contributed by atoms with Gasteiger partial charge in [0.05, 0.1) is 16.2 Å². The van der Waals surface area contributed by atoms with E-state index in [0.29, 0.717) is 12.8 Å². The first-order valence-corrected chi connectivity index (χ1v) is 10.2. The van der Waals surface area contributed by atoms with Crippen molar-refractivity contribution in [1.29, 1.82) is 0 Å². The summed E-state index contributed by atoms with van der Waals surface area (Å²) in [7, 11) is -1.99. The average molecular weight is 383 g/mol. The van der Waals surface area contributed by atoms with Crippen LogP contribution in [0.4, 0.5) is 0 Å². The molecule has 0 amide bonds. The van der Waals surface area contributed by atoms with Crippen LogP contribution in [-0.2, 0) is 27.6 Å². The molecule has 0 fully saturated rings. The molecule has 1 aromatic heterocycles. The van der Waals surface area contributed by atoms with Crippen molar-refractivity contribution < 1.29 is 13.2 Å². The lowest BCUT2D eigenvalue weighted by Crippen LogP contribution is -2.45. The third-order valence-electron chi connectivity index (χ3n) is 5.08. The quantitative estimate of drug-likeness (QED) is 0.709. The number of nitrogens with one attached hydrogen (secondary N) is 1. The first-order chi connectivity index (χ1) is 13.0. The first kappa shape index (κ1) is 17.9. The van der Waals surface area contributed by atoms with Crippen molar-refractivity contribution in [3.63, 3.8) is 0 Å². The number of sulfonamides is 1. The largest absolute Gasteiger partial charge is 0.376 e. The summed E-state index contributed by atoms with van der Waals surface area (Å²) in [4.78, 5) is 0.222. The summed E-state index contributed by atoms with van der Waals surface area (Å²) < 4.78 is 35.6. The van der Waals surface area contributed by atoms with Crippen molar-refractivity contribution in [3.8, 4) is 5.69 Å². The monoisotopic (exact) mass is 383 g/mol. The maximum absolute atomic E-state index is 12.7. The minimum atomic E-state index is -3.63. The number of aromatic nitrogens is 2. The molecule has 0 spiro atoms. The molecule has 0 atom stereocenters. The van der Waals surface area contributed by atoms with Gasteiger partial charge in [-0.3, -0.25) is 0 Å². The van der Waals surface area contributed by atoms with E-state index in [0.717, 1.165) is 5.69 Å². The summed E-state index contributed by atoms with van der Waals surface area (Å²) in [5.41, 5.74) is 2.67. The molecule has 0 aliphatic heterocycles. The number of benzene rings is 2. The fraction of sp³-hybridized carbons (Fsp3) is 0.250. The SMILES string of the molecule is COC1(CNS(=O)(=O)c2ccc(-n3cccn3)cc2)Cc2ccccc2C1. The van der Waals surface area contributed by atoms with Gasteiger partial charge in [0.15, 0.2) is 0 Å². The molecule has 4 rings (SSSR count). The molecule has 140 valence electrons. The highest BCUT2D eigenvalue weighted by Gasteiger charge is 2.38. The minimum absolute atomic E-state index is 0.222. The molecule has 7 heteroatoms. The topological polar surface area (TPSA) is 73.2 Å². The van der Waals surface area contributed by atoms with Crippen molar-refractivity contribution in [3.05, 3.63) is 78.1 Å². The summed E-state index contributed by atoms with van der Waals surface area (Å²) in [6, 6.07) is 16.6. The fourth-order valence-electron chi connectivity index (χ4n) is 3.51. The molecular weight excluding hydrogens is 362 g/mol. The highest BCUT2D eigenvalue weighted by atomic mass is 32.2. The highest BCUT2D eigenvalue weighted by molar-refractivity contribution is 7.89. The lowest BCUT2D eigenvalue weighted by atomic mass is 10.0. The predicted octanol–water partition coefficient (Wildman–Crippen LogP) is 2.33. The molecule has 0 saturated heterocycles. The van der Waals surface area contributed by atoms with Gasteiger partial charge in [-0.2, -0.15) is 5.10 Å². The lowest BCUT2D eigenvalue weighted by Gasteiger charge is -2.27. The molecule has 6 nitrogen and oxygen atoms in total. The van der Waals surface area contributed by atoms with E-state index in [-0.39, 0.29) is 11.4 Å². The van der Waals surface area contributed by atoms with Crippen LogP contribution in [0, 0.1) is 0 Å². The number of methoxy groups -OCH3 is 1. The van der Waals surface area contributed by atoms with Crippen molar-refractivity contribution >= 4 is 10.0 Å². The third kappa shape index (κ3) is 3.53. The number of rotatable bonds is 6. The second kappa shape index (κ2) is 6.92. The molecule has 0 unspecified atom stereocenters. The zero-order chi connectivity index (χ0) is 18.9. The van der Waals surface area contributed by atoms with Gasteiger partial charge in [-0.1, -0.05) is 24.3 Å². The Bertz CT molecular complexity index is 1000. The summed E-state index contributed by atoms with van der Waals surface area (Å²) in [6.45, 7) is 0.224. The van der Waals surface area contributed by atoms with Crippen LogP contribution in [0.15, 0.2) is 71.9 Å². The van der Waals surface area contributed by atoms with Crippen LogP contribution in [0.3, 0.4) is 0 Å². The molecule has 1 N–H and O–H groups in total. The fourth-order valence-corrected chi connectivity index (χ4v) is 4.62. The van der Waals surface area contributed by atoms with Gasteiger partial charge in [-0.25, -0.2) is 17.8 Å². The van der Waals surface area contributed by atoms with Crippen LogP contribution in [0.5, 0.6) is 0 Å². The molecule has 1 aliphatic carbocycles. The molecule has 1 heterocycles. The number of nitrogens with zero attached hydrogens (tertiary/aromatic N) is 2. The van der Waals surface area contributed by atoms with Gasteiger partial charge in [-0.05, 0) is 41.5 Å². The summed E-state index contributed by atoms with van der Waals surface area (Å²) >= 11 is 0. The van der Waals surface area contributed by atoms with E-state index in [1.165, 1.54) is 11.1 Å². The van der Waals surface area contributed by atoms with Crippen molar-refractivity contribution in [2.45, 2.75) is 23.3 Å². The second-order valence-corrected chi connectivity index (χ2v) is 8.55. The predicted molar refractivity (Wildman–Crippen MR) is 102 cm³/mol. The van der Waals surface area contributed by atoms with E-state index in [4.69, 9.17) is 4.74 Å². The molecule has 2 aromatic carbocycles. The maximum atomic E-state index is 12.7. The van der Waals surface area contributed by atoms with Gasteiger partial charge < -0.3 is 4.74 Å². The number of fused-ring (bicyclic) bond motifs is 1. The van der Waals surface area contributed by atoms with Gasteiger partial charge in [0.2, 0.25) is 10.0 Å². The molecular formula is C20H21N3O3S. The van der Waals surface area contributed by atoms with E-state index < -0.39 is 15.6 Å². The summed E-state index contributed by atoms with van der Waals surface area (Å²) in [6.07, 6.45) is 4.87. The number of ether oxygens (including phenoxy) is 1. The van der Waals surface area contributed by atoms with Gasteiger partial charge >= 0.3 is 0 Å². The molecule has 1 aliphatic rings. The normalized spacial score (nSPS) is 15.6. The van der Waals surface area contributed by atoms with Gasteiger partial charge in [0.1, 0.15) is 0 Å². The minimum Gasteiger partial charge on any atom is -0.376 e. The van der Waals surface area contributed by atoms with Crippen LogP contribution in [0.25, 0.3) is 5.69 Å². The van der Waals surface area contributed by atoms with E-state index in [9.17, 15) is 8.42 Å². The van der Waals surface area contributed by atoms with Crippen molar-refractivity contribution in [2.75, 3.05) is 13.7 Å². The Morgan fingerprint density at radius 3 is 2.30 bits per heavy atom. The number of hydrogen-bond donors (Lipinski definition) is 1. The van der Waals surface area contributed by atoms with Crippen LogP contribution in [0.2, 0.25) is 0 Å². The van der Waals surface area contributed by atoms with Gasteiger partial charge in [0, 0.05) is 38.9 Å². The molecule has 0 bridgehead atoms. The standard InChI is InChI=1S/C20H21N3O3S/c1-26-20(13-16-5-2-3-6-17(16)14-20)15-22-27(24,25)19-9-7-18(8-10-19)23-12-4-11-21-23/h2-12,22H,13-15H2,1H3. The van der Waals surface area contributed by atoms with Gasteiger partial charge in [0.25, 0.3) is 0 Å². The zero-order valence-electron chi connectivity index (χ0n) is 15.0. The molecule has 27 heavy (non-hydrogen) atoms. The Balaban J connectivity index is 1.49. The van der Waals surface area contributed by atoms with Crippen molar-refractivity contribution in [2.24, 2.45) is 0 Å². The van der Waals surface area contributed by atoms with E-state index >= 15 is 0 Å². The van der Waals surface area contributed by atoms with E-state index in [1.807, 2.05) is 24.4 Å². The van der Waals surface area contributed by atoms with E-state index in [1.54, 1.807) is 42.3 Å². The van der Waals surface area contributed by atoms with Crippen molar-refractivity contribution in [1.82, 2.24) is 14.5 Å². The first-order valence-electron chi connectivity index (χ1n) is 8.73. The summed E-state index contributed by atoms with van der Waals surface area (Å²) in [5, 5.41) is 4.14. The van der Waals surface area contributed by atoms with Crippen LogP contribution in [0.1, 0.15) is 11.1 Å². The van der Waals surface area contributed by atoms with Crippen LogP contribution in [-0.4, -0.2) is 37.5 Å². The van der Waals surface area contributed by atoms with E-state index in [2.05, 4.69) is 22.0 Å². The molecule has 0 saturated carbocycles. The number of hydrogen-bond acceptors (Lipinski definition) is 4. The van der Waals surface area contributed by atoms with Crippen LogP contribution < -0.4 is 4.72 Å². The zero-order valence-corrected chi connectivity index (χ0v) is 15.8. The Morgan fingerprint density at radius 1 is 1.07 bits per heavy atom. The average Bonchev–Trinajstić information content (AvgIpc) is 3.35. The Hall–Kier alpha value is -2.48. The molecule has 3 aromatic rings. The third-order valence-corrected chi connectivity index (χ3v) is 6.49. The molecule has 0 radical (unpaired) electrons. The van der Waals surface area contributed by atoms with Gasteiger partial charge in [-0.15, -0.1) is 0 Å². The maximum Gasteiger partial charge on any atom is 0.240 e. The Kier molecular flexibility index (Phi) is 4.59. The summed E-state index contributed by atoms with van der Waals surface area (Å²) in [5.74, 6) is 0. The lowest BCUT2D eigenvalue weighted by molar-refractivity contribution is 0.00378. The Labute approximate surface area is 158 Å².